The van der Waals surface area contributed by atoms with Crippen LogP contribution in [0.25, 0.3) is 0 Å². The lowest BCUT2D eigenvalue weighted by atomic mass is 10.1. The molecule has 1 fully saturated rings. The molecule has 1 aliphatic carbocycles. The topological polar surface area (TPSA) is 62.3 Å². The van der Waals surface area contributed by atoms with Gasteiger partial charge in [0.05, 0.1) is 11.6 Å². The fourth-order valence-electron chi connectivity index (χ4n) is 2.86. The minimum atomic E-state index is -0.247. The highest BCUT2D eigenvalue weighted by molar-refractivity contribution is 7.15. The first-order valence-corrected chi connectivity index (χ1v) is 7.95. The van der Waals surface area contributed by atoms with Crippen molar-refractivity contribution in [3.8, 4) is 0 Å². The third-order valence-electron chi connectivity index (χ3n) is 3.98. The molecule has 3 rings (SSSR count). The summed E-state index contributed by atoms with van der Waals surface area (Å²) < 4.78 is 0. The van der Waals surface area contributed by atoms with Crippen LogP contribution in [0.15, 0.2) is 0 Å². The van der Waals surface area contributed by atoms with Gasteiger partial charge in [-0.25, -0.2) is 4.98 Å². The molecule has 0 radical (unpaired) electrons. The number of carbonyl (C=O) groups is 2. The van der Waals surface area contributed by atoms with E-state index in [4.69, 9.17) is 0 Å². The lowest BCUT2D eigenvalue weighted by Crippen LogP contribution is -2.33. The van der Waals surface area contributed by atoms with Gasteiger partial charge in [0.15, 0.2) is 5.13 Å². The molecule has 1 unspecified atom stereocenters. The van der Waals surface area contributed by atoms with E-state index in [0.717, 1.165) is 18.5 Å². The van der Waals surface area contributed by atoms with Crippen molar-refractivity contribution in [3.63, 3.8) is 0 Å². The van der Waals surface area contributed by atoms with Gasteiger partial charge in [-0.2, -0.15) is 0 Å². The average Bonchev–Trinajstić information content (AvgIpc) is 3.02. The van der Waals surface area contributed by atoms with E-state index in [1.54, 1.807) is 16.2 Å². The molecule has 5 nitrogen and oxygen atoms in total. The molecule has 6 heteroatoms. The van der Waals surface area contributed by atoms with Crippen LogP contribution in [0.4, 0.5) is 5.13 Å². The van der Waals surface area contributed by atoms with E-state index < -0.39 is 0 Å². The van der Waals surface area contributed by atoms with Crippen molar-refractivity contribution >= 4 is 28.3 Å². The Bertz CT molecular complexity index is 531. The highest BCUT2D eigenvalue weighted by atomic mass is 32.1. The van der Waals surface area contributed by atoms with Crippen molar-refractivity contribution in [2.45, 2.75) is 45.6 Å². The molecule has 2 amide bonds. The van der Waals surface area contributed by atoms with Crippen LogP contribution < -0.4 is 5.32 Å². The SMILES string of the molecule is CC(C)N1CC(C(=O)Nc2nc3c(s2)CCC3)CC1=O. The fraction of sp³-hybridized carbons (Fsp3) is 0.643. The summed E-state index contributed by atoms with van der Waals surface area (Å²) >= 11 is 1.58. The molecule has 1 aromatic rings. The summed E-state index contributed by atoms with van der Waals surface area (Å²) in [6, 6.07) is 0.156. The summed E-state index contributed by atoms with van der Waals surface area (Å²) in [5, 5.41) is 3.57. The number of aryl methyl sites for hydroxylation is 2. The predicted octanol–water partition coefficient (Wildman–Crippen LogP) is 1.83. The maximum absolute atomic E-state index is 12.2. The standard InChI is InChI=1S/C14H19N3O2S/c1-8(2)17-7-9(6-12(17)18)13(19)16-14-15-10-4-3-5-11(10)20-14/h8-9H,3-7H2,1-2H3,(H,15,16,19). The van der Waals surface area contributed by atoms with Gasteiger partial charge in [-0.15, -0.1) is 11.3 Å². The average molecular weight is 293 g/mol. The number of hydrogen-bond acceptors (Lipinski definition) is 4. The summed E-state index contributed by atoms with van der Waals surface area (Å²) in [7, 11) is 0. The summed E-state index contributed by atoms with van der Waals surface area (Å²) in [5.41, 5.74) is 1.14. The molecule has 1 atom stereocenters. The lowest BCUT2D eigenvalue weighted by molar-refractivity contribution is -0.129. The van der Waals surface area contributed by atoms with Crippen LogP contribution in [-0.4, -0.2) is 34.3 Å². The van der Waals surface area contributed by atoms with E-state index in [2.05, 4.69) is 10.3 Å². The van der Waals surface area contributed by atoms with E-state index in [1.807, 2.05) is 13.8 Å². The van der Waals surface area contributed by atoms with Gasteiger partial charge in [0.25, 0.3) is 0 Å². The number of amides is 2. The maximum atomic E-state index is 12.2. The van der Waals surface area contributed by atoms with Crippen LogP contribution in [0, 0.1) is 5.92 Å². The number of rotatable bonds is 3. The first-order valence-electron chi connectivity index (χ1n) is 7.13. The molecule has 2 heterocycles. The summed E-state index contributed by atoms with van der Waals surface area (Å²) in [4.78, 5) is 31.6. The van der Waals surface area contributed by atoms with Crippen molar-refractivity contribution in [2.24, 2.45) is 5.92 Å². The fourth-order valence-corrected chi connectivity index (χ4v) is 3.91. The Morgan fingerprint density at radius 2 is 2.25 bits per heavy atom. The molecule has 1 saturated heterocycles. The van der Waals surface area contributed by atoms with Crippen LogP contribution in [0.1, 0.15) is 37.3 Å². The van der Waals surface area contributed by atoms with Crippen LogP contribution in [0.5, 0.6) is 0 Å². The van der Waals surface area contributed by atoms with Crippen molar-refractivity contribution < 1.29 is 9.59 Å². The molecule has 0 aromatic carbocycles. The number of likely N-dealkylation sites (tertiary alicyclic amines) is 1. The van der Waals surface area contributed by atoms with Crippen molar-refractivity contribution in [2.75, 3.05) is 11.9 Å². The normalized spacial score (nSPS) is 21.6. The minimum absolute atomic E-state index is 0.0711. The molecule has 0 bridgehead atoms. The summed E-state index contributed by atoms with van der Waals surface area (Å²) in [5.74, 6) is -0.251. The zero-order valence-electron chi connectivity index (χ0n) is 11.8. The zero-order chi connectivity index (χ0) is 14.3. The lowest BCUT2D eigenvalue weighted by Gasteiger charge is -2.20. The monoisotopic (exact) mass is 293 g/mol. The summed E-state index contributed by atoms with van der Waals surface area (Å²) in [6.07, 6.45) is 3.58. The number of carbonyl (C=O) groups excluding carboxylic acids is 2. The molecular formula is C14H19N3O2S. The van der Waals surface area contributed by atoms with Gasteiger partial charge in [-0.1, -0.05) is 0 Å². The first kappa shape index (κ1) is 13.5. The third kappa shape index (κ3) is 2.44. The van der Waals surface area contributed by atoms with Gasteiger partial charge in [0, 0.05) is 23.9 Å². The smallest absolute Gasteiger partial charge is 0.231 e. The number of nitrogens with zero attached hydrogens (tertiary/aromatic N) is 2. The predicted molar refractivity (Wildman–Crippen MR) is 77.7 cm³/mol. The number of fused-ring (bicyclic) bond motifs is 1. The van der Waals surface area contributed by atoms with E-state index in [1.165, 1.54) is 11.3 Å². The number of hydrogen-bond donors (Lipinski definition) is 1. The van der Waals surface area contributed by atoms with E-state index >= 15 is 0 Å². The van der Waals surface area contributed by atoms with Crippen molar-refractivity contribution in [3.05, 3.63) is 10.6 Å². The molecule has 0 spiro atoms. The van der Waals surface area contributed by atoms with Gasteiger partial charge in [0.1, 0.15) is 0 Å². The quantitative estimate of drug-likeness (QED) is 0.924. The maximum Gasteiger partial charge on any atom is 0.231 e. The van der Waals surface area contributed by atoms with Gasteiger partial charge in [-0.3, -0.25) is 9.59 Å². The van der Waals surface area contributed by atoms with Crippen LogP contribution >= 0.6 is 11.3 Å². The largest absolute Gasteiger partial charge is 0.339 e. The first-order chi connectivity index (χ1) is 9.54. The Hall–Kier alpha value is -1.43. The number of aromatic nitrogens is 1. The highest BCUT2D eigenvalue weighted by Crippen LogP contribution is 2.31. The second-order valence-electron chi connectivity index (χ2n) is 5.77. The Labute approximate surface area is 122 Å². The molecule has 2 aliphatic rings. The van der Waals surface area contributed by atoms with Gasteiger partial charge >= 0.3 is 0 Å². The summed E-state index contributed by atoms with van der Waals surface area (Å²) in [6.45, 7) is 4.47. The molecule has 1 aromatic heterocycles. The van der Waals surface area contributed by atoms with Crippen molar-refractivity contribution in [1.82, 2.24) is 9.88 Å². The van der Waals surface area contributed by atoms with E-state index in [-0.39, 0.29) is 23.8 Å². The van der Waals surface area contributed by atoms with Crippen LogP contribution in [-0.2, 0) is 22.4 Å². The van der Waals surface area contributed by atoms with Crippen LogP contribution in [0.3, 0.4) is 0 Å². The Morgan fingerprint density at radius 1 is 1.45 bits per heavy atom. The van der Waals surface area contributed by atoms with E-state index in [9.17, 15) is 9.59 Å². The second-order valence-corrected chi connectivity index (χ2v) is 6.86. The molecule has 1 N–H and O–H groups in total. The van der Waals surface area contributed by atoms with Crippen LogP contribution in [0.2, 0.25) is 0 Å². The molecule has 1 aliphatic heterocycles. The van der Waals surface area contributed by atoms with Crippen molar-refractivity contribution in [1.29, 1.82) is 0 Å². The highest BCUT2D eigenvalue weighted by Gasteiger charge is 2.35. The molecule has 20 heavy (non-hydrogen) atoms. The number of anilines is 1. The Balaban J connectivity index is 1.63. The second kappa shape index (κ2) is 5.16. The molecular weight excluding hydrogens is 274 g/mol. The van der Waals surface area contributed by atoms with Gasteiger partial charge in [-0.05, 0) is 33.1 Å². The molecule has 0 saturated carbocycles. The van der Waals surface area contributed by atoms with E-state index in [0.29, 0.717) is 18.1 Å². The Kier molecular flexibility index (Phi) is 3.50. The third-order valence-corrected chi connectivity index (χ3v) is 5.05. The Morgan fingerprint density at radius 3 is 2.90 bits per heavy atom. The number of nitrogens with one attached hydrogen (secondary N) is 1. The zero-order valence-corrected chi connectivity index (χ0v) is 12.6. The van der Waals surface area contributed by atoms with Gasteiger partial charge in [0.2, 0.25) is 11.8 Å². The molecule has 108 valence electrons. The minimum Gasteiger partial charge on any atom is -0.339 e. The van der Waals surface area contributed by atoms with Gasteiger partial charge < -0.3 is 10.2 Å². The number of thiazole rings is 1.